The van der Waals surface area contributed by atoms with E-state index in [-0.39, 0.29) is 30.4 Å². The first-order chi connectivity index (χ1) is 18.8. The van der Waals surface area contributed by atoms with Crippen molar-refractivity contribution in [2.75, 3.05) is 31.1 Å². The normalized spacial score (nSPS) is 32.7. The van der Waals surface area contributed by atoms with Crippen molar-refractivity contribution in [1.29, 1.82) is 0 Å². The highest BCUT2D eigenvalue weighted by molar-refractivity contribution is 6.04. The Labute approximate surface area is 231 Å². The van der Waals surface area contributed by atoms with Gasteiger partial charge in [0.25, 0.3) is 0 Å². The Morgan fingerprint density at radius 3 is 2.44 bits per heavy atom. The first-order valence-corrected chi connectivity index (χ1v) is 14.4. The molecule has 5 rings (SSSR count). The summed E-state index contributed by atoms with van der Waals surface area (Å²) in [7, 11) is 0. The summed E-state index contributed by atoms with van der Waals surface area (Å²) < 4.78 is 6.90. The number of nitrogens with zero attached hydrogens (tertiary/aromatic N) is 3. The van der Waals surface area contributed by atoms with Gasteiger partial charge in [-0.05, 0) is 51.7 Å². The van der Waals surface area contributed by atoms with Crippen molar-refractivity contribution in [3.8, 4) is 0 Å². The highest BCUT2D eigenvalue weighted by Gasteiger charge is 2.74. The maximum atomic E-state index is 14.4. The molecule has 6 atom stereocenters. The number of anilines is 1. The molecule has 0 bridgehead atoms. The lowest BCUT2D eigenvalue weighted by atomic mass is 9.74. The molecule has 3 amide bonds. The van der Waals surface area contributed by atoms with Crippen LogP contribution in [0.5, 0.6) is 0 Å². The van der Waals surface area contributed by atoms with Crippen LogP contribution in [0.4, 0.5) is 5.69 Å². The van der Waals surface area contributed by atoms with Gasteiger partial charge in [0.15, 0.2) is 0 Å². The molecule has 210 valence electrons. The fourth-order valence-corrected chi connectivity index (χ4v) is 7.16. The molecule has 2 unspecified atom stereocenters. The topological polar surface area (TPSA) is 90.4 Å². The summed E-state index contributed by atoms with van der Waals surface area (Å²) in [5.41, 5.74) is -1.49. The minimum atomic E-state index is -1.23. The first-order valence-electron chi connectivity index (χ1n) is 14.4. The lowest BCUT2D eigenvalue weighted by Gasteiger charge is -2.38. The van der Waals surface area contributed by atoms with Gasteiger partial charge < -0.3 is 24.5 Å². The van der Waals surface area contributed by atoms with Crippen molar-refractivity contribution >= 4 is 23.4 Å². The Hall–Kier alpha value is -2.97. The standard InChI is InChI=1S/C31H41N3O5/c1-4-13-22(2)32-19-12-17-31-25(28(37)34(26(31)29(32)38)18-9-6-10-21-35)24-27(36)33(23-14-7-5-8-15-23)20-11-16-30(24,3)39-31/h5,7-8,11-12,14-17,22,24-26,35H,4,6,9-10,13,18-21H2,1-3H3/t22?,24-,25-,26?,30+,31-/m0/s1. The second kappa shape index (κ2) is 10.9. The number of aliphatic hydroxyl groups excluding tert-OH is 1. The molecule has 8 nitrogen and oxygen atoms in total. The Morgan fingerprint density at radius 2 is 1.72 bits per heavy atom. The third-order valence-corrected chi connectivity index (χ3v) is 8.95. The summed E-state index contributed by atoms with van der Waals surface area (Å²) in [5.74, 6) is -2.06. The van der Waals surface area contributed by atoms with E-state index in [2.05, 4.69) is 13.8 Å². The lowest BCUT2D eigenvalue weighted by Crippen LogP contribution is -2.57. The Kier molecular flexibility index (Phi) is 7.71. The van der Waals surface area contributed by atoms with Crippen LogP contribution in [-0.2, 0) is 19.1 Å². The van der Waals surface area contributed by atoms with E-state index in [1.807, 2.05) is 66.5 Å². The summed E-state index contributed by atoms with van der Waals surface area (Å²) in [6.07, 6.45) is 11.6. The van der Waals surface area contributed by atoms with E-state index in [0.717, 1.165) is 24.9 Å². The molecule has 1 spiro atoms. The van der Waals surface area contributed by atoms with Crippen molar-refractivity contribution in [3.05, 3.63) is 54.6 Å². The van der Waals surface area contributed by atoms with Crippen LogP contribution in [0, 0.1) is 11.8 Å². The van der Waals surface area contributed by atoms with Gasteiger partial charge in [0, 0.05) is 38.0 Å². The predicted octanol–water partition coefficient (Wildman–Crippen LogP) is 3.31. The minimum Gasteiger partial charge on any atom is -0.396 e. The maximum Gasteiger partial charge on any atom is 0.249 e. The SMILES string of the molecule is CCCC(C)N1CC=C[C@]23O[C@]4(C)C=CCN(c5ccccc5)C(=O)[C@@H]4[C@H]2C(=O)N(CCCCCO)C3C1=O. The molecule has 0 saturated carbocycles. The van der Waals surface area contributed by atoms with Crippen molar-refractivity contribution < 1.29 is 24.2 Å². The predicted molar refractivity (Wildman–Crippen MR) is 149 cm³/mol. The number of ether oxygens (including phenoxy) is 1. The molecule has 0 radical (unpaired) electrons. The van der Waals surface area contributed by atoms with Crippen LogP contribution in [0.15, 0.2) is 54.6 Å². The molecule has 2 saturated heterocycles. The van der Waals surface area contributed by atoms with Gasteiger partial charge in [0.1, 0.15) is 11.6 Å². The number of aliphatic hydroxyl groups is 1. The molecule has 4 aliphatic rings. The van der Waals surface area contributed by atoms with E-state index in [1.54, 1.807) is 9.80 Å². The van der Waals surface area contributed by atoms with Gasteiger partial charge in [-0.25, -0.2) is 0 Å². The minimum absolute atomic E-state index is 0.0188. The maximum absolute atomic E-state index is 14.4. The van der Waals surface area contributed by atoms with Gasteiger partial charge in [0.2, 0.25) is 17.7 Å². The summed E-state index contributed by atoms with van der Waals surface area (Å²) in [6.45, 7) is 7.34. The Bertz CT molecular complexity index is 1150. The number of amides is 3. The number of hydrogen-bond donors (Lipinski definition) is 1. The number of fused-ring (bicyclic) bond motifs is 2. The van der Waals surface area contributed by atoms with Crippen molar-refractivity contribution in [1.82, 2.24) is 9.80 Å². The zero-order valence-electron chi connectivity index (χ0n) is 23.3. The molecule has 4 heterocycles. The molecule has 1 aromatic carbocycles. The fraction of sp³-hybridized carbons (Fsp3) is 0.581. The number of para-hydroxylation sites is 1. The van der Waals surface area contributed by atoms with Crippen LogP contribution in [0.2, 0.25) is 0 Å². The highest BCUT2D eigenvalue weighted by Crippen LogP contribution is 2.57. The lowest BCUT2D eigenvalue weighted by molar-refractivity contribution is -0.152. The monoisotopic (exact) mass is 535 g/mol. The molecule has 1 N–H and O–H groups in total. The highest BCUT2D eigenvalue weighted by atomic mass is 16.5. The zero-order chi connectivity index (χ0) is 27.8. The smallest absolute Gasteiger partial charge is 0.249 e. The van der Waals surface area contributed by atoms with E-state index in [4.69, 9.17) is 4.74 Å². The van der Waals surface area contributed by atoms with E-state index in [9.17, 15) is 19.5 Å². The third-order valence-electron chi connectivity index (χ3n) is 8.95. The van der Waals surface area contributed by atoms with Crippen LogP contribution >= 0.6 is 0 Å². The van der Waals surface area contributed by atoms with Gasteiger partial charge in [-0.3, -0.25) is 14.4 Å². The first kappa shape index (κ1) is 27.6. The molecular formula is C31H41N3O5. The largest absolute Gasteiger partial charge is 0.396 e. The van der Waals surface area contributed by atoms with Gasteiger partial charge >= 0.3 is 0 Å². The number of hydrogen-bond acceptors (Lipinski definition) is 5. The molecule has 39 heavy (non-hydrogen) atoms. The van der Waals surface area contributed by atoms with Gasteiger partial charge in [-0.2, -0.15) is 0 Å². The number of carbonyl (C=O) groups excluding carboxylic acids is 3. The van der Waals surface area contributed by atoms with Gasteiger partial charge in [0.05, 0.1) is 17.4 Å². The van der Waals surface area contributed by atoms with Crippen molar-refractivity contribution in [2.24, 2.45) is 11.8 Å². The van der Waals surface area contributed by atoms with Crippen molar-refractivity contribution in [3.63, 3.8) is 0 Å². The van der Waals surface area contributed by atoms with Crippen LogP contribution < -0.4 is 4.90 Å². The number of benzene rings is 1. The van der Waals surface area contributed by atoms with Crippen LogP contribution in [0.1, 0.15) is 52.9 Å². The molecule has 0 aromatic heterocycles. The van der Waals surface area contributed by atoms with Crippen molar-refractivity contribution in [2.45, 2.75) is 76.2 Å². The second-order valence-corrected chi connectivity index (χ2v) is 11.5. The molecular weight excluding hydrogens is 494 g/mol. The average molecular weight is 536 g/mol. The average Bonchev–Trinajstić information content (AvgIpc) is 3.18. The van der Waals surface area contributed by atoms with E-state index < -0.39 is 29.1 Å². The number of unbranched alkanes of at least 4 members (excludes halogenated alkanes) is 2. The van der Waals surface area contributed by atoms with Crippen LogP contribution in [0.25, 0.3) is 0 Å². The molecule has 2 fully saturated rings. The summed E-state index contributed by atoms with van der Waals surface area (Å²) >= 11 is 0. The molecule has 8 heteroatoms. The fourth-order valence-electron chi connectivity index (χ4n) is 7.16. The van der Waals surface area contributed by atoms with Crippen LogP contribution in [0.3, 0.4) is 0 Å². The molecule has 4 aliphatic heterocycles. The number of carbonyl (C=O) groups is 3. The number of rotatable bonds is 9. The van der Waals surface area contributed by atoms with E-state index >= 15 is 0 Å². The third kappa shape index (κ3) is 4.51. The Balaban J connectivity index is 1.58. The quantitative estimate of drug-likeness (QED) is 0.387. The van der Waals surface area contributed by atoms with Gasteiger partial charge in [-0.15, -0.1) is 0 Å². The zero-order valence-corrected chi connectivity index (χ0v) is 23.3. The number of likely N-dealkylation sites (tertiary alicyclic amines) is 1. The van der Waals surface area contributed by atoms with Gasteiger partial charge in [-0.1, -0.05) is 55.8 Å². The summed E-state index contributed by atoms with van der Waals surface area (Å²) in [4.78, 5) is 48.3. The summed E-state index contributed by atoms with van der Waals surface area (Å²) in [6, 6.07) is 8.68. The van der Waals surface area contributed by atoms with Crippen LogP contribution in [-0.4, -0.2) is 82.2 Å². The Morgan fingerprint density at radius 1 is 0.974 bits per heavy atom. The van der Waals surface area contributed by atoms with E-state index in [1.165, 1.54) is 0 Å². The summed E-state index contributed by atoms with van der Waals surface area (Å²) in [5, 5.41) is 9.27. The second-order valence-electron chi connectivity index (χ2n) is 11.5. The molecule has 0 aliphatic carbocycles. The molecule has 1 aromatic rings. The van der Waals surface area contributed by atoms with E-state index in [0.29, 0.717) is 32.5 Å².